The molecule has 134 valence electrons. The van der Waals surface area contributed by atoms with Gasteiger partial charge in [-0.3, -0.25) is 9.59 Å². The average molecular weight is 367 g/mol. The van der Waals surface area contributed by atoms with Gasteiger partial charge in [0.1, 0.15) is 11.0 Å². The van der Waals surface area contributed by atoms with Crippen molar-refractivity contribution in [3.8, 4) is 10.6 Å². The fourth-order valence-electron chi connectivity index (χ4n) is 2.70. The number of anilines is 1. The van der Waals surface area contributed by atoms with E-state index in [-0.39, 0.29) is 17.7 Å². The topological polar surface area (TPSA) is 71.1 Å². The van der Waals surface area contributed by atoms with Crippen LogP contribution in [0.5, 0.6) is 0 Å². The van der Waals surface area contributed by atoms with Crippen LogP contribution < -0.4 is 10.6 Å². The van der Waals surface area contributed by atoms with Gasteiger partial charge in [0.2, 0.25) is 11.8 Å². The minimum absolute atomic E-state index is 0.00801. The first-order chi connectivity index (χ1) is 12.4. The van der Waals surface area contributed by atoms with Gasteiger partial charge in [-0.2, -0.15) is 0 Å². The highest BCUT2D eigenvalue weighted by Gasteiger charge is 2.23. The lowest BCUT2D eigenvalue weighted by atomic mass is 10.0. The highest BCUT2D eigenvalue weighted by atomic mass is 32.1. The normalized spacial score (nSPS) is 12.2. The van der Waals surface area contributed by atoms with Crippen molar-refractivity contribution in [3.63, 3.8) is 0 Å². The van der Waals surface area contributed by atoms with Crippen molar-refractivity contribution < 1.29 is 9.59 Å². The zero-order valence-electron chi connectivity index (χ0n) is 14.9. The summed E-state index contributed by atoms with van der Waals surface area (Å²) in [5, 5.41) is 6.50. The van der Waals surface area contributed by atoms with Crippen LogP contribution in [0.3, 0.4) is 0 Å². The Hall–Kier alpha value is -2.73. The SMILES string of the molecule is CC(=O)NC(C(=O)Nc1cccc(-c2nc3ccccc3s2)c1)C(C)C. The van der Waals surface area contributed by atoms with Crippen molar-refractivity contribution in [2.24, 2.45) is 5.92 Å². The number of hydrogen-bond acceptors (Lipinski definition) is 4. The molecule has 5 nitrogen and oxygen atoms in total. The molecule has 0 aliphatic heterocycles. The first kappa shape index (κ1) is 18.1. The van der Waals surface area contributed by atoms with Crippen molar-refractivity contribution in [1.29, 1.82) is 0 Å². The number of carbonyl (C=O) groups excluding carboxylic acids is 2. The molecule has 0 fully saturated rings. The van der Waals surface area contributed by atoms with Gasteiger partial charge in [-0.25, -0.2) is 4.98 Å². The summed E-state index contributed by atoms with van der Waals surface area (Å²) < 4.78 is 1.13. The Bertz CT molecular complexity index is 916. The molecule has 2 amide bonds. The molecule has 26 heavy (non-hydrogen) atoms. The van der Waals surface area contributed by atoms with Crippen LogP contribution in [0.1, 0.15) is 20.8 Å². The Balaban J connectivity index is 1.82. The standard InChI is InChI=1S/C20H21N3O2S/c1-12(2)18(21-13(3)24)19(25)22-15-8-6-7-14(11-15)20-23-16-9-4-5-10-17(16)26-20/h4-12,18H,1-3H3,(H,21,24)(H,22,25). The van der Waals surface area contributed by atoms with Crippen LogP contribution in [-0.2, 0) is 9.59 Å². The fraction of sp³-hybridized carbons (Fsp3) is 0.250. The van der Waals surface area contributed by atoms with Gasteiger partial charge in [0.15, 0.2) is 0 Å². The molecule has 0 aliphatic rings. The number of para-hydroxylation sites is 1. The van der Waals surface area contributed by atoms with Crippen molar-refractivity contribution in [2.45, 2.75) is 26.8 Å². The van der Waals surface area contributed by atoms with Crippen molar-refractivity contribution in [3.05, 3.63) is 48.5 Å². The van der Waals surface area contributed by atoms with Crippen LogP contribution >= 0.6 is 11.3 Å². The van der Waals surface area contributed by atoms with Gasteiger partial charge < -0.3 is 10.6 Å². The molecule has 0 aliphatic carbocycles. The molecule has 6 heteroatoms. The maximum Gasteiger partial charge on any atom is 0.247 e. The monoisotopic (exact) mass is 367 g/mol. The summed E-state index contributed by atoms with van der Waals surface area (Å²) in [5.74, 6) is -0.454. The summed E-state index contributed by atoms with van der Waals surface area (Å²) in [5.41, 5.74) is 2.60. The van der Waals surface area contributed by atoms with E-state index < -0.39 is 6.04 Å². The molecule has 2 N–H and O–H groups in total. The van der Waals surface area contributed by atoms with E-state index in [2.05, 4.69) is 15.6 Å². The van der Waals surface area contributed by atoms with Gasteiger partial charge >= 0.3 is 0 Å². The maximum atomic E-state index is 12.5. The van der Waals surface area contributed by atoms with Gasteiger partial charge in [0.05, 0.1) is 10.2 Å². The van der Waals surface area contributed by atoms with Gasteiger partial charge in [0.25, 0.3) is 0 Å². The number of benzene rings is 2. The molecular weight excluding hydrogens is 346 g/mol. The van der Waals surface area contributed by atoms with Gasteiger partial charge in [-0.1, -0.05) is 38.1 Å². The first-order valence-electron chi connectivity index (χ1n) is 8.48. The molecule has 1 aromatic heterocycles. The molecule has 0 saturated heterocycles. The lowest BCUT2D eigenvalue weighted by Gasteiger charge is -2.21. The van der Waals surface area contributed by atoms with E-state index in [1.165, 1.54) is 6.92 Å². The van der Waals surface area contributed by atoms with Crippen molar-refractivity contribution in [2.75, 3.05) is 5.32 Å². The number of amides is 2. The number of rotatable bonds is 5. The third-order valence-electron chi connectivity index (χ3n) is 3.98. The highest BCUT2D eigenvalue weighted by molar-refractivity contribution is 7.21. The Labute approximate surface area is 156 Å². The summed E-state index contributed by atoms with van der Waals surface area (Å²) in [6.07, 6.45) is 0. The van der Waals surface area contributed by atoms with E-state index in [9.17, 15) is 9.59 Å². The quantitative estimate of drug-likeness (QED) is 0.714. The third-order valence-corrected chi connectivity index (χ3v) is 5.06. The minimum atomic E-state index is -0.571. The summed E-state index contributed by atoms with van der Waals surface area (Å²) in [6, 6.07) is 15.0. The number of nitrogens with one attached hydrogen (secondary N) is 2. The minimum Gasteiger partial charge on any atom is -0.344 e. The van der Waals surface area contributed by atoms with E-state index in [0.717, 1.165) is 20.8 Å². The maximum absolute atomic E-state index is 12.5. The van der Waals surface area contributed by atoms with Gasteiger partial charge in [-0.05, 0) is 30.2 Å². The molecule has 3 rings (SSSR count). The van der Waals surface area contributed by atoms with Crippen molar-refractivity contribution in [1.82, 2.24) is 10.3 Å². The first-order valence-corrected chi connectivity index (χ1v) is 9.29. The molecular formula is C20H21N3O2S. The molecule has 1 heterocycles. The van der Waals surface area contributed by atoms with E-state index in [0.29, 0.717) is 5.69 Å². The predicted octanol–water partition coefficient (Wildman–Crippen LogP) is 4.06. The highest BCUT2D eigenvalue weighted by Crippen LogP contribution is 2.31. The van der Waals surface area contributed by atoms with E-state index in [1.54, 1.807) is 11.3 Å². The Morgan fingerprint density at radius 3 is 2.54 bits per heavy atom. The summed E-state index contributed by atoms with van der Waals surface area (Å²) in [6.45, 7) is 5.21. The Kier molecular flexibility index (Phi) is 5.32. The molecule has 1 unspecified atom stereocenters. The number of aromatic nitrogens is 1. The van der Waals surface area contributed by atoms with Crippen LogP contribution in [0.25, 0.3) is 20.8 Å². The van der Waals surface area contributed by atoms with E-state index in [1.807, 2.05) is 62.4 Å². The summed E-state index contributed by atoms with van der Waals surface area (Å²) >= 11 is 1.62. The number of carbonyl (C=O) groups is 2. The van der Waals surface area contributed by atoms with Crippen LogP contribution in [0.4, 0.5) is 5.69 Å². The number of hydrogen-bond donors (Lipinski definition) is 2. The molecule has 2 aromatic carbocycles. The summed E-state index contributed by atoms with van der Waals surface area (Å²) in [7, 11) is 0. The Morgan fingerprint density at radius 2 is 1.85 bits per heavy atom. The zero-order chi connectivity index (χ0) is 18.7. The van der Waals surface area contributed by atoms with Crippen LogP contribution in [0.15, 0.2) is 48.5 Å². The van der Waals surface area contributed by atoms with Gasteiger partial charge in [0, 0.05) is 18.2 Å². The molecule has 0 spiro atoms. The molecule has 0 bridgehead atoms. The number of nitrogens with zero attached hydrogens (tertiary/aromatic N) is 1. The number of fused-ring (bicyclic) bond motifs is 1. The second kappa shape index (κ2) is 7.66. The third kappa shape index (κ3) is 4.08. The molecule has 0 saturated carbocycles. The van der Waals surface area contributed by atoms with Crippen LogP contribution in [0.2, 0.25) is 0 Å². The zero-order valence-corrected chi connectivity index (χ0v) is 15.8. The average Bonchev–Trinajstić information content (AvgIpc) is 3.03. The fourth-order valence-corrected chi connectivity index (χ4v) is 3.66. The lowest BCUT2D eigenvalue weighted by Crippen LogP contribution is -2.46. The van der Waals surface area contributed by atoms with E-state index >= 15 is 0 Å². The van der Waals surface area contributed by atoms with Crippen LogP contribution in [0, 0.1) is 5.92 Å². The molecule has 1 atom stereocenters. The second-order valence-corrected chi connectivity index (χ2v) is 7.51. The lowest BCUT2D eigenvalue weighted by molar-refractivity contribution is -0.126. The van der Waals surface area contributed by atoms with Crippen LogP contribution in [-0.4, -0.2) is 22.8 Å². The molecule has 3 aromatic rings. The number of thiazole rings is 1. The van der Waals surface area contributed by atoms with Gasteiger partial charge in [-0.15, -0.1) is 11.3 Å². The predicted molar refractivity (Wildman–Crippen MR) is 106 cm³/mol. The second-order valence-electron chi connectivity index (χ2n) is 6.48. The molecule has 0 radical (unpaired) electrons. The Morgan fingerprint density at radius 1 is 1.08 bits per heavy atom. The largest absolute Gasteiger partial charge is 0.344 e. The smallest absolute Gasteiger partial charge is 0.247 e. The van der Waals surface area contributed by atoms with Crippen molar-refractivity contribution >= 4 is 39.1 Å². The van der Waals surface area contributed by atoms with E-state index in [4.69, 9.17) is 0 Å². The summed E-state index contributed by atoms with van der Waals surface area (Å²) in [4.78, 5) is 28.5.